The molecule has 1 amide bonds. The molecule has 0 aromatic carbocycles. The van der Waals surface area contributed by atoms with E-state index >= 15 is 0 Å². The monoisotopic (exact) mass is 187 g/mol. The van der Waals surface area contributed by atoms with Gasteiger partial charge >= 0.3 is 0 Å². The average molecular weight is 187 g/mol. The molecular weight excluding hydrogens is 170 g/mol. The summed E-state index contributed by atoms with van der Waals surface area (Å²) in [6.07, 6.45) is 0.495. The third-order valence-electron chi connectivity index (χ3n) is 2.22. The van der Waals surface area contributed by atoms with E-state index in [-0.39, 0.29) is 11.7 Å². The van der Waals surface area contributed by atoms with Crippen LogP contribution in [0.1, 0.15) is 27.2 Å². The van der Waals surface area contributed by atoms with Gasteiger partial charge in [-0.05, 0) is 20.3 Å². The van der Waals surface area contributed by atoms with Gasteiger partial charge in [0.05, 0.1) is 0 Å². The molecule has 0 saturated heterocycles. The molecule has 1 unspecified atom stereocenters. The number of rotatable bonds is 4. The lowest BCUT2D eigenvalue weighted by Crippen LogP contribution is -2.47. The van der Waals surface area contributed by atoms with Crippen molar-refractivity contribution in [3.63, 3.8) is 0 Å². The molecule has 0 aromatic rings. The summed E-state index contributed by atoms with van der Waals surface area (Å²) in [6.45, 7) is 5.81. The zero-order chi connectivity index (χ0) is 10.5. The van der Waals surface area contributed by atoms with E-state index < -0.39 is 5.41 Å². The molecule has 13 heavy (non-hydrogen) atoms. The molecule has 0 bridgehead atoms. The fourth-order valence-electron chi connectivity index (χ4n) is 0.924. The van der Waals surface area contributed by atoms with Crippen molar-refractivity contribution in [3.8, 4) is 0 Å². The minimum Gasteiger partial charge on any atom is -0.409 e. The van der Waals surface area contributed by atoms with E-state index in [2.05, 4.69) is 10.5 Å². The van der Waals surface area contributed by atoms with E-state index in [0.29, 0.717) is 13.0 Å². The number of carbonyl (C=O) groups is 1. The van der Waals surface area contributed by atoms with Crippen LogP contribution in [-0.2, 0) is 4.79 Å². The number of amides is 1. The molecule has 0 aromatic heterocycles. The van der Waals surface area contributed by atoms with Crippen LogP contribution < -0.4 is 11.1 Å². The molecule has 0 aliphatic carbocycles. The summed E-state index contributed by atoms with van der Waals surface area (Å²) in [5.74, 6) is -0.270. The second-order valence-corrected chi connectivity index (χ2v) is 3.03. The van der Waals surface area contributed by atoms with Crippen LogP contribution in [0.5, 0.6) is 0 Å². The van der Waals surface area contributed by atoms with Gasteiger partial charge in [0.25, 0.3) is 0 Å². The van der Waals surface area contributed by atoms with Crippen molar-refractivity contribution in [1.82, 2.24) is 5.32 Å². The Morgan fingerprint density at radius 3 is 2.46 bits per heavy atom. The zero-order valence-corrected chi connectivity index (χ0v) is 8.29. The normalized spacial score (nSPS) is 16.4. The van der Waals surface area contributed by atoms with Gasteiger partial charge in [-0.2, -0.15) is 0 Å². The van der Waals surface area contributed by atoms with Crippen LogP contribution >= 0.6 is 0 Å². The lowest BCUT2D eigenvalue weighted by molar-refractivity contribution is -0.127. The quantitative estimate of drug-likeness (QED) is 0.256. The fourth-order valence-corrected chi connectivity index (χ4v) is 0.924. The number of nitrogens with one attached hydrogen (secondary N) is 1. The smallest absolute Gasteiger partial charge is 0.233 e. The van der Waals surface area contributed by atoms with Gasteiger partial charge in [0.2, 0.25) is 5.91 Å². The first-order valence-corrected chi connectivity index (χ1v) is 4.29. The highest BCUT2D eigenvalue weighted by Gasteiger charge is 2.35. The van der Waals surface area contributed by atoms with Crippen molar-refractivity contribution in [3.05, 3.63) is 0 Å². The number of carbonyl (C=O) groups excluding carboxylic acids is 1. The third-order valence-corrected chi connectivity index (χ3v) is 2.22. The Kier molecular flexibility index (Phi) is 4.23. The molecule has 4 N–H and O–H groups in total. The van der Waals surface area contributed by atoms with E-state index in [9.17, 15) is 4.79 Å². The van der Waals surface area contributed by atoms with Crippen molar-refractivity contribution in [1.29, 1.82) is 0 Å². The van der Waals surface area contributed by atoms with Gasteiger partial charge in [-0.3, -0.25) is 4.79 Å². The molecule has 0 heterocycles. The highest BCUT2D eigenvalue weighted by atomic mass is 16.4. The van der Waals surface area contributed by atoms with Gasteiger partial charge in [0, 0.05) is 6.54 Å². The summed E-state index contributed by atoms with van der Waals surface area (Å²) in [7, 11) is 0. The zero-order valence-electron chi connectivity index (χ0n) is 8.29. The predicted octanol–water partition coefficient (Wildman–Crippen LogP) is 0.285. The lowest BCUT2D eigenvalue weighted by atomic mass is 9.85. The Morgan fingerprint density at radius 2 is 2.15 bits per heavy atom. The summed E-state index contributed by atoms with van der Waals surface area (Å²) >= 11 is 0. The Labute approximate surface area is 78.0 Å². The van der Waals surface area contributed by atoms with Crippen molar-refractivity contribution >= 4 is 11.7 Å². The number of hydrogen-bond donors (Lipinski definition) is 3. The highest BCUT2D eigenvalue weighted by Crippen LogP contribution is 2.21. The first-order valence-electron chi connectivity index (χ1n) is 4.29. The fraction of sp³-hybridized carbons (Fsp3) is 0.750. The number of nitrogens with two attached hydrogens (primary N) is 1. The van der Waals surface area contributed by atoms with Gasteiger partial charge in [-0.25, -0.2) is 0 Å². The molecule has 0 fully saturated rings. The largest absolute Gasteiger partial charge is 0.409 e. The van der Waals surface area contributed by atoms with Crippen LogP contribution in [0, 0.1) is 5.41 Å². The Morgan fingerprint density at radius 1 is 1.62 bits per heavy atom. The van der Waals surface area contributed by atoms with Crippen LogP contribution in [0.3, 0.4) is 0 Å². The van der Waals surface area contributed by atoms with Crippen LogP contribution in [0.4, 0.5) is 0 Å². The topological polar surface area (TPSA) is 87.7 Å². The van der Waals surface area contributed by atoms with Crippen molar-refractivity contribution in [2.45, 2.75) is 27.2 Å². The molecule has 0 aliphatic heterocycles. The maximum Gasteiger partial charge on any atom is 0.233 e. The Bertz CT molecular complexity index is 215. The maximum absolute atomic E-state index is 11.5. The number of oxime groups is 1. The standard InChI is InChI=1S/C8H17N3O2/c1-4-8(3,6(9)11-13)7(12)10-5-2/h13H,4-5H2,1-3H3,(H2,9,11)(H,10,12). The van der Waals surface area contributed by atoms with Gasteiger partial charge in [0.1, 0.15) is 5.41 Å². The molecule has 76 valence electrons. The maximum atomic E-state index is 11.5. The van der Waals surface area contributed by atoms with Gasteiger partial charge < -0.3 is 16.3 Å². The number of nitrogens with zero attached hydrogens (tertiary/aromatic N) is 1. The first-order chi connectivity index (χ1) is 6.02. The van der Waals surface area contributed by atoms with Crippen molar-refractivity contribution in [2.24, 2.45) is 16.3 Å². The minimum absolute atomic E-state index is 0.0547. The van der Waals surface area contributed by atoms with E-state index in [1.165, 1.54) is 0 Å². The second-order valence-electron chi connectivity index (χ2n) is 3.03. The number of hydrogen-bond acceptors (Lipinski definition) is 3. The van der Waals surface area contributed by atoms with E-state index in [1.807, 2.05) is 13.8 Å². The van der Waals surface area contributed by atoms with Crippen molar-refractivity contribution < 1.29 is 10.0 Å². The average Bonchev–Trinajstić information content (AvgIpc) is 2.15. The van der Waals surface area contributed by atoms with Crippen LogP contribution in [0.25, 0.3) is 0 Å². The minimum atomic E-state index is -0.912. The summed E-state index contributed by atoms with van der Waals surface area (Å²) in [5, 5.41) is 14.0. The lowest BCUT2D eigenvalue weighted by Gasteiger charge is -2.24. The molecular formula is C8H17N3O2. The number of amidine groups is 1. The summed E-state index contributed by atoms with van der Waals surface area (Å²) in [5.41, 5.74) is 4.52. The van der Waals surface area contributed by atoms with Crippen LogP contribution in [0.2, 0.25) is 0 Å². The van der Waals surface area contributed by atoms with Crippen LogP contribution in [-0.4, -0.2) is 23.5 Å². The van der Waals surface area contributed by atoms with E-state index in [0.717, 1.165) is 0 Å². The van der Waals surface area contributed by atoms with Gasteiger partial charge in [-0.15, -0.1) is 0 Å². The third kappa shape index (κ3) is 2.34. The molecule has 0 rings (SSSR count). The SMILES string of the molecule is CCNC(=O)C(C)(CC)C(N)=NO. The van der Waals surface area contributed by atoms with Gasteiger partial charge in [-0.1, -0.05) is 12.1 Å². The highest BCUT2D eigenvalue weighted by molar-refractivity contribution is 6.06. The molecule has 5 nitrogen and oxygen atoms in total. The second kappa shape index (κ2) is 4.69. The Balaban J connectivity index is 4.72. The van der Waals surface area contributed by atoms with E-state index in [1.54, 1.807) is 6.92 Å². The molecule has 0 spiro atoms. The molecule has 0 radical (unpaired) electrons. The molecule has 1 atom stereocenters. The van der Waals surface area contributed by atoms with E-state index in [4.69, 9.17) is 10.9 Å². The molecule has 0 aliphatic rings. The Hall–Kier alpha value is -1.26. The summed E-state index contributed by atoms with van der Waals surface area (Å²) < 4.78 is 0. The van der Waals surface area contributed by atoms with Gasteiger partial charge in [0.15, 0.2) is 5.84 Å². The molecule has 5 heteroatoms. The molecule has 0 saturated carbocycles. The summed E-state index contributed by atoms with van der Waals surface area (Å²) in [4.78, 5) is 11.5. The predicted molar refractivity (Wildman–Crippen MR) is 50.5 cm³/mol. The first kappa shape index (κ1) is 11.7. The summed E-state index contributed by atoms with van der Waals surface area (Å²) in [6, 6.07) is 0. The van der Waals surface area contributed by atoms with Crippen LogP contribution in [0.15, 0.2) is 5.16 Å². The van der Waals surface area contributed by atoms with Crippen molar-refractivity contribution in [2.75, 3.05) is 6.54 Å².